The van der Waals surface area contributed by atoms with Crippen molar-refractivity contribution in [3.63, 3.8) is 0 Å². The van der Waals surface area contributed by atoms with E-state index >= 15 is 0 Å². The minimum absolute atomic E-state index is 0.422. The number of hydrogen-bond acceptors (Lipinski definition) is 5. The summed E-state index contributed by atoms with van der Waals surface area (Å²) in [6.45, 7) is 10.3. The van der Waals surface area contributed by atoms with E-state index in [4.69, 9.17) is 14.2 Å². The molecule has 0 aliphatic rings. The van der Waals surface area contributed by atoms with Crippen molar-refractivity contribution in [1.29, 1.82) is 0 Å². The van der Waals surface area contributed by atoms with Crippen molar-refractivity contribution >= 4 is 17.0 Å². The number of carbonyl (C=O) groups excluding carboxylic acids is 1. The minimum Gasteiger partial charge on any atom is -0.443 e. The highest BCUT2D eigenvalue weighted by atomic mass is 16.7. The first-order chi connectivity index (χ1) is 10.9. The molecule has 2 aromatic rings. The smallest absolute Gasteiger partial charge is 0.418 e. The second-order valence-corrected chi connectivity index (χ2v) is 6.04. The Bertz CT molecular complexity index is 667. The van der Waals surface area contributed by atoms with Crippen LogP contribution in [0, 0.1) is 0 Å². The molecule has 0 aliphatic heterocycles. The van der Waals surface area contributed by atoms with E-state index in [2.05, 4.69) is 4.98 Å². The van der Waals surface area contributed by atoms with Crippen molar-refractivity contribution in [1.82, 2.24) is 9.55 Å². The van der Waals surface area contributed by atoms with E-state index in [0.29, 0.717) is 24.4 Å². The van der Waals surface area contributed by atoms with Crippen molar-refractivity contribution in [2.24, 2.45) is 0 Å². The first-order valence-electron chi connectivity index (χ1n) is 7.80. The van der Waals surface area contributed by atoms with Crippen molar-refractivity contribution in [2.75, 3.05) is 13.2 Å². The zero-order valence-corrected chi connectivity index (χ0v) is 14.3. The zero-order valence-electron chi connectivity index (χ0n) is 14.3. The maximum absolute atomic E-state index is 12.3. The molecule has 0 radical (unpaired) electrons. The van der Waals surface area contributed by atoms with Crippen LogP contribution in [0.2, 0.25) is 0 Å². The summed E-state index contributed by atoms with van der Waals surface area (Å²) >= 11 is 0. The van der Waals surface area contributed by atoms with Gasteiger partial charge in [0.2, 0.25) is 6.29 Å². The molecule has 0 aliphatic carbocycles. The molecule has 0 bridgehead atoms. The zero-order chi connectivity index (χ0) is 17.0. The highest BCUT2D eigenvalue weighted by Gasteiger charge is 2.22. The Labute approximate surface area is 136 Å². The molecule has 0 amide bonds. The fourth-order valence-corrected chi connectivity index (χ4v) is 2.26. The number of hydrogen-bond donors (Lipinski definition) is 0. The fraction of sp³-hybridized carbons (Fsp3) is 0.529. The van der Waals surface area contributed by atoms with Gasteiger partial charge in [0.25, 0.3) is 0 Å². The molecule has 6 heteroatoms. The van der Waals surface area contributed by atoms with Crippen LogP contribution >= 0.6 is 0 Å². The number of ether oxygens (including phenoxy) is 3. The van der Waals surface area contributed by atoms with Crippen LogP contribution in [-0.4, -0.2) is 34.5 Å². The van der Waals surface area contributed by atoms with E-state index in [1.807, 2.05) is 40.7 Å². The summed E-state index contributed by atoms with van der Waals surface area (Å²) in [4.78, 5) is 16.7. The predicted octanol–water partition coefficient (Wildman–Crippen LogP) is 3.89. The molecular weight excluding hydrogens is 296 g/mol. The molecule has 0 aromatic carbocycles. The first kappa shape index (κ1) is 17.4. The van der Waals surface area contributed by atoms with E-state index in [1.165, 1.54) is 4.57 Å². The maximum atomic E-state index is 12.3. The van der Waals surface area contributed by atoms with E-state index in [9.17, 15) is 4.79 Å². The van der Waals surface area contributed by atoms with Crippen molar-refractivity contribution in [3.05, 3.63) is 30.2 Å². The van der Waals surface area contributed by atoms with Gasteiger partial charge in [-0.15, -0.1) is 0 Å². The molecule has 2 heterocycles. The van der Waals surface area contributed by atoms with Crippen molar-refractivity contribution in [3.8, 4) is 0 Å². The Morgan fingerprint density at radius 3 is 2.43 bits per heavy atom. The topological polar surface area (TPSA) is 62.6 Å². The van der Waals surface area contributed by atoms with Crippen LogP contribution in [0.15, 0.2) is 24.5 Å². The summed E-state index contributed by atoms with van der Waals surface area (Å²) in [5.74, 6) is 0. The number of nitrogens with zero attached hydrogens (tertiary/aromatic N) is 2. The third kappa shape index (κ3) is 4.09. The number of fused-ring (bicyclic) bond motifs is 1. The molecule has 0 N–H and O–H groups in total. The molecular formula is C17H24N2O4. The molecule has 6 nitrogen and oxygen atoms in total. The van der Waals surface area contributed by atoms with Crippen LogP contribution in [0.3, 0.4) is 0 Å². The molecule has 23 heavy (non-hydrogen) atoms. The fourth-order valence-electron chi connectivity index (χ4n) is 2.26. The van der Waals surface area contributed by atoms with Gasteiger partial charge < -0.3 is 14.2 Å². The Balaban J connectivity index is 2.42. The molecule has 0 saturated heterocycles. The number of aromatic nitrogens is 2. The van der Waals surface area contributed by atoms with Gasteiger partial charge in [-0.3, -0.25) is 9.55 Å². The lowest BCUT2D eigenvalue weighted by Gasteiger charge is -2.20. The van der Waals surface area contributed by atoms with Crippen LogP contribution in [0.5, 0.6) is 0 Å². The molecule has 0 saturated carbocycles. The lowest BCUT2D eigenvalue weighted by Crippen LogP contribution is -2.26. The summed E-state index contributed by atoms with van der Waals surface area (Å²) in [5, 5.41) is 0.810. The minimum atomic E-state index is -0.553. The number of carbonyl (C=O) groups is 1. The lowest BCUT2D eigenvalue weighted by molar-refractivity contribution is -0.141. The summed E-state index contributed by atoms with van der Waals surface area (Å²) in [6.07, 6.45) is 2.35. The standard InChI is InChI=1S/C17H24N2O4/c1-6-21-15(22-7-2)14-12-9-11-19(13(12)8-10-18-14)16(20)23-17(3,4)5/h8-11,15H,6-7H2,1-5H3. The normalized spacial score (nSPS) is 12.1. The average Bonchev–Trinajstić information content (AvgIpc) is 2.89. The maximum Gasteiger partial charge on any atom is 0.418 e. The molecule has 0 spiro atoms. The summed E-state index contributed by atoms with van der Waals surface area (Å²) in [6, 6.07) is 3.60. The lowest BCUT2D eigenvalue weighted by atomic mass is 10.2. The number of pyridine rings is 1. The Morgan fingerprint density at radius 1 is 1.22 bits per heavy atom. The molecule has 0 unspecified atom stereocenters. The highest BCUT2D eigenvalue weighted by molar-refractivity contribution is 5.90. The van der Waals surface area contributed by atoms with Gasteiger partial charge in [-0.1, -0.05) is 0 Å². The van der Waals surface area contributed by atoms with Crippen molar-refractivity contribution in [2.45, 2.75) is 46.5 Å². The third-order valence-corrected chi connectivity index (χ3v) is 3.10. The van der Waals surface area contributed by atoms with Crippen LogP contribution < -0.4 is 0 Å². The van der Waals surface area contributed by atoms with E-state index in [1.54, 1.807) is 18.5 Å². The van der Waals surface area contributed by atoms with Crippen molar-refractivity contribution < 1.29 is 19.0 Å². The summed E-state index contributed by atoms with van der Waals surface area (Å²) < 4.78 is 18.1. The Morgan fingerprint density at radius 2 is 1.87 bits per heavy atom. The largest absolute Gasteiger partial charge is 0.443 e. The van der Waals surface area contributed by atoms with Gasteiger partial charge in [0.1, 0.15) is 11.3 Å². The van der Waals surface area contributed by atoms with Gasteiger partial charge in [-0.05, 0) is 46.8 Å². The summed E-state index contributed by atoms with van der Waals surface area (Å²) in [5.41, 5.74) is 0.824. The molecule has 0 fully saturated rings. The van der Waals surface area contributed by atoms with Gasteiger partial charge in [0.05, 0.1) is 5.52 Å². The monoisotopic (exact) mass is 320 g/mol. The van der Waals surface area contributed by atoms with Gasteiger partial charge in [-0.25, -0.2) is 4.79 Å². The molecule has 2 rings (SSSR count). The molecule has 126 valence electrons. The van der Waals surface area contributed by atoms with Gasteiger partial charge >= 0.3 is 6.09 Å². The summed E-state index contributed by atoms with van der Waals surface area (Å²) in [7, 11) is 0. The average molecular weight is 320 g/mol. The predicted molar refractivity (Wildman–Crippen MR) is 87.4 cm³/mol. The van der Waals surface area contributed by atoms with Gasteiger partial charge in [0, 0.05) is 31.0 Å². The van der Waals surface area contributed by atoms with E-state index in [0.717, 1.165) is 5.39 Å². The second-order valence-electron chi connectivity index (χ2n) is 6.04. The molecule has 0 atom stereocenters. The van der Waals surface area contributed by atoms with Gasteiger partial charge in [0.15, 0.2) is 0 Å². The number of rotatable bonds is 5. The quantitative estimate of drug-likeness (QED) is 0.782. The van der Waals surface area contributed by atoms with E-state index in [-0.39, 0.29) is 0 Å². The van der Waals surface area contributed by atoms with Gasteiger partial charge in [-0.2, -0.15) is 0 Å². The van der Waals surface area contributed by atoms with Crippen LogP contribution in [0.25, 0.3) is 10.9 Å². The Hall–Kier alpha value is -1.92. The third-order valence-electron chi connectivity index (χ3n) is 3.10. The van der Waals surface area contributed by atoms with Crippen LogP contribution in [0.4, 0.5) is 4.79 Å². The Kier molecular flexibility index (Phi) is 5.38. The first-order valence-corrected chi connectivity index (χ1v) is 7.80. The second kappa shape index (κ2) is 7.10. The van der Waals surface area contributed by atoms with Crippen LogP contribution in [-0.2, 0) is 14.2 Å². The van der Waals surface area contributed by atoms with Crippen LogP contribution in [0.1, 0.15) is 46.6 Å². The molecule has 2 aromatic heterocycles. The highest BCUT2D eigenvalue weighted by Crippen LogP contribution is 2.27. The SMILES string of the molecule is CCOC(OCC)c1nccc2c1ccn2C(=O)OC(C)(C)C. The van der Waals surface area contributed by atoms with E-state index < -0.39 is 18.0 Å².